The van der Waals surface area contributed by atoms with Crippen LogP contribution in [0, 0.1) is 0 Å². The van der Waals surface area contributed by atoms with Gasteiger partial charge in [-0.25, -0.2) is 4.98 Å². The second kappa shape index (κ2) is 6.42. The van der Waals surface area contributed by atoms with Gasteiger partial charge in [-0.15, -0.1) is 0 Å². The van der Waals surface area contributed by atoms with E-state index in [-0.39, 0.29) is 6.04 Å². The van der Waals surface area contributed by atoms with Crippen LogP contribution in [-0.2, 0) is 13.0 Å². The van der Waals surface area contributed by atoms with Crippen LogP contribution < -0.4 is 0 Å². The monoisotopic (exact) mass is 316 g/mol. The van der Waals surface area contributed by atoms with Crippen LogP contribution in [0.3, 0.4) is 0 Å². The van der Waals surface area contributed by atoms with Gasteiger partial charge < -0.3 is 4.98 Å². The predicted octanol–water partition coefficient (Wildman–Crippen LogP) is 3.60. The minimum Gasteiger partial charge on any atom is -0.348 e. The van der Waals surface area contributed by atoms with E-state index in [0.29, 0.717) is 0 Å². The van der Waals surface area contributed by atoms with Crippen molar-refractivity contribution < 1.29 is 0 Å². The number of imidazole rings is 1. The number of fused-ring (bicyclic) bond motifs is 1. The highest BCUT2D eigenvalue weighted by molar-refractivity contribution is 5.49. The topological polar surface area (TPSA) is 44.8 Å². The van der Waals surface area contributed by atoms with Crippen molar-refractivity contribution in [2.75, 3.05) is 6.54 Å². The molecule has 2 aromatic heterocycles. The molecular weight excluding hydrogens is 296 g/mol. The lowest BCUT2D eigenvalue weighted by atomic mass is 9.94. The predicted molar refractivity (Wildman–Crippen MR) is 95.3 cm³/mol. The van der Waals surface area contributed by atoms with Crippen LogP contribution in [0.5, 0.6) is 0 Å². The van der Waals surface area contributed by atoms with Crippen LogP contribution in [0.2, 0.25) is 0 Å². The zero-order valence-electron chi connectivity index (χ0n) is 13.5. The molecule has 0 bridgehead atoms. The highest BCUT2D eigenvalue weighted by Gasteiger charge is 2.31. The van der Waals surface area contributed by atoms with E-state index in [0.717, 1.165) is 30.8 Å². The van der Waals surface area contributed by atoms with Gasteiger partial charge in [0, 0.05) is 37.6 Å². The maximum atomic E-state index is 4.62. The Hall–Kier alpha value is -2.72. The van der Waals surface area contributed by atoms with Crippen molar-refractivity contribution in [3.05, 3.63) is 89.8 Å². The smallest absolute Gasteiger partial charge is 0.0926 e. The zero-order valence-corrected chi connectivity index (χ0v) is 13.5. The van der Waals surface area contributed by atoms with E-state index in [4.69, 9.17) is 0 Å². The molecule has 1 aliphatic rings. The van der Waals surface area contributed by atoms with Gasteiger partial charge in [-0.05, 0) is 28.8 Å². The van der Waals surface area contributed by atoms with Gasteiger partial charge in [-0.2, -0.15) is 0 Å². The molecule has 24 heavy (non-hydrogen) atoms. The molecule has 4 rings (SSSR count). The maximum absolute atomic E-state index is 4.62. The molecule has 3 heterocycles. The third kappa shape index (κ3) is 2.76. The van der Waals surface area contributed by atoms with Gasteiger partial charge in [-0.1, -0.05) is 36.9 Å². The van der Waals surface area contributed by atoms with Crippen LogP contribution >= 0.6 is 0 Å². The van der Waals surface area contributed by atoms with Gasteiger partial charge in [-0.3, -0.25) is 9.88 Å². The maximum Gasteiger partial charge on any atom is 0.0926 e. The number of aromatic amines is 1. The number of aromatic nitrogens is 3. The zero-order chi connectivity index (χ0) is 16.4. The fraction of sp³-hybridized carbons (Fsp3) is 0.200. The Morgan fingerprint density at radius 3 is 3.08 bits per heavy atom. The number of nitrogens with one attached hydrogen (secondary N) is 1. The van der Waals surface area contributed by atoms with E-state index in [1.807, 2.05) is 30.9 Å². The van der Waals surface area contributed by atoms with E-state index in [9.17, 15) is 0 Å². The average Bonchev–Trinajstić information content (AvgIpc) is 3.11. The van der Waals surface area contributed by atoms with Crippen molar-refractivity contribution >= 4 is 6.08 Å². The van der Waals surface area contributed by atoms with E-state index < -0.39 is 0 Å². The van der Waals surface area contributed by atoms with Gasteiger partial charge in [0.25, 0.3) is 0 Å². The van der Waals surface area contributed by atoms with Gasteiger partial charge in [0.05, 0.1) is 18.1 Å². The molecule has 0 saturated heterocycles. The highest BCUT2D eigenvalue weighted by Crippen LogP contribution is 2.34. The number of nitrogens with zero attached hydrogens (tertiary/aromatic N) is 3. The second-order valence-electron chi connectivity index (χ2n) is 6.12. The van der Waals surface area contributed by atoms with Crippen molar-refractivity contribution in [2.45, 2.75) is 19.0 Å². The van der Waals surface area contributed by atoms with E-state index in [1.165, 1.54) is 16.8 Å². The first kappa shape index (κ1) is 14.8. The van der Waals surface area contributed by atoms with Crippen molar-refractivity contribution in [1.29, 1.82) is 0 Å². The standard InChI is InChI=1S/C20H20N4/c1-2-15-5-3-7-17(11-15)20-19-18(22-14-23-19)8-10-24(20)13-16-6-4-9-21-12-16/h2-7,9,11-12,14,20H,1,8,10,13H2,(H,22,23). The largest absolute Gasteiger partial charge is 0.348 e. The van der Waals surface area contributed by atoms with Crippen LogP contribution in [0.15, 0.2) is 61.7 Å². The molecule has 3 aromatic rings. The third-order valence-electron chi connectivity index (χ3n) is 4.60. The summed E-state index contributed by atoms with van der Waals surface area (Å²) in [7, 11) is 0. The molecule has 0 aliphatic carbocycles. The first-order valence-electron chi connectivity index (χ1n) is 8.22. The fourth-order valence-corrected chi connectivity index (χ4v) is 3.45. The number of pyridine rings is 1. The molecule has 1 aliphatic heterocycles. The summed E-state index contributed by atoms with van der Waals surface area (Å²) in [6, 6.07) is 12.8. The summed E-state index contributed by atoms with van der Waals surface area (Å²) < 4.78 is 0. The third-order valence-corrected chi connectivity index (χ3v) is 4.60. The average molecular weight is 316 g/mol. The first-order chi connectivity index (χ1) is 11.8. The minimum absolute atomic E-state index is 0.153. The summed E-state index contributed by atoms with van der Waals surface area (Å²) in [5.41, 5.74) is 5.99. The van der Waals surface area contributed by atoms with E-state index >= 15 is 0 Å². The van der Waals surface area contributed by atoms with Crippen molar-refractivity contribution in [3.8, 4) is 0 Å². The number of hydrogen-bond donors (Lipinski definition) is 1. The molecule has 0 saturated carbocycles. The molecule has 4 heteroatoms. The summed E-state index contributed by atoms with van der Waals surface area (Å²) in [5.74, 6) is 0. The molecular formula is C20H20N4. The molecule has 1 unspecified atom stereocenters. The lowest BCUT2D eigenvalue weighted by Gasteiger charge is -2.35. The van der Waals surface area contributed by atoms with E-state index in [1.54, 1.807) is 0 Å². The quantitative estimate of drug-likeness (QED) is 0.800. The fourth-order valence-electron chi connectivity index (χ4n) is 3.45. The lowest BCUT2D eigenvalue weighted by Crippen LogP contribution is -2.35. The molecule has 1 atom stereocenters. The van der Waals surface area contributed by atoms with Crippen molar-refractivity contribution in [1.82, 2.24) is 19.9 Å². The van der Waals surface area contributed by atoms with Crippen molar-refractivity contribution in [3.63, 3.8) is 0 Å². The van der Waals surface area contributed by atoms with Crippen molar-refractivity contribution in [2.24, 2.45) is 0 Å². The molecule has 1 aromatic carbocycles. The molecule has 0 spiro atoms. The normalized spacial score (nSPS) is 17.4. The summed E-state index contributed by atoms with van der Waals surface area (Å²) >= 11 is 0. The SMILES string of the molecule is C=Cc1cccc(C2c3nc[nH]c3CCN2Cc2cccnc2)c1. The Bertz CT molecular complexity index is 838. The molecule has 0 fully saturated rings. The van der Waals surface area contributed by atoms with Gasteiger partial charge in [0.2, 0.25) is 0 Å². The Balaban J connectivity index is 1.74. The van der Waals surface area contributed by atoms with Crippen LogP contribution in [-0.4, -0.2) is 26.4 Å². The van der Waals surface area contributed by atoms with Gasteiger partial charge in [0.15, 0.2) is 0 Å². The summed E-state index contributed by atoms with van der Waals surface area (Å²) in [6.07, 6.45) is 8.45. The Labute approximate surface area is 141 Å². The molecule has 120 valence electrons. The Morgan fingerprint density at radius 1 is 1.29 bits per heavy atom. The van der Waals surface area contributed by atoms with Crippen LogP contribution in [0.4, 0.5) is 0 Å². The summed E-state index contributed by atoms with van der Waals surface area (Å²) in [5, 5.41) is 0. The number of H-pyrrole nitrogens is 1. The summed E-state index contributed by atoms with van der Waals surface area (Å²) in [6.45, 7) is 5.75. The minimum atomic E-state index is 0.153. The van der Waals surface area contributed by atoms with Crippen LogP contribution in [0.25, 0.3) is 6.08 Å². The molecule has 0 amide bonds. The Kier molecular flexibility index (Phi) is 3.97. The second-order valence-corrected chi connectivity index (χ2v) is 6.12. The van der Waals surface area contributed by atoms with Gasteiger partial charge >= 0.3 is 0 Å². The number of benzene rings is 1. The van der Waals surface area contributed by atoms with E-state index in [2.05, 4.69) is 56.8 Å². The lowest BCUT2D eigenvalue weighted by molar-refractivity contribution is 0.200. The number of rotatable bonds is 4. The highest BCUT2D eigenvalue weighted by atomic mass is 15.2. The van der Waals surface area contributed by atoms with Crippen LogP contribution in [0.1, 0.15) is 34.1 Å². The number of hydrogen-bond acceptors (Lipinski definition) is 3. The Morgan fingerprint density at radius 2 is 2.25 bits per heavy atom. The molecule has 4 nitrogen and oxygen atoms in total. The molecule has 1 N–H and O–H groups in total. The molecule has 0 radical (unpaired) electrons. The summed E-state index contributed by atoms with van der Waals surface area (Å²) in [4.78, 5) is 14.6. The first-order valence-corrected chi connectivity index (χ1v) is 8.22. The van der Waals surface area contributed by atoms with Gasteiger partial charge in [0.1, 0.15) is 0 Å².